The first-order valence-corrected chi connectivity index (χ1v) is 9.76. The number of carbonyl (C=O) groups excluding carboxylic acids is 1. The third-order valence-electron chi connectivity index (χ3n) is 6.18. The standard InChI is InChI=1S/C25H19N3O/c1-15-23(17-9-3-6-12-21(17)27-15)25(18-10-4-7-13-22(18)28-24(25)29)19-14-26-20-11-5-2-8-16(19)20/h2-14,26-27H,1H3,(H,28,29). The van der Waals surface area contributed by atoms with Crippen LogP contribution in [0.1, 0.15) is 22.4 Å². The Bertz CT molecular complexity index is 1420. The lowest BCUT2D eigenvalue weighted by molar-refractivity contribution is -0.118. The molecule has 0 bridgehead atoms. The zero-order valence-corrected chi connectivity index (χ0v) is 15.9. The minimum atomic E-state index is -0.931. The number of hydrogen-bond donors (Lipinski definition) is 3. The Kier molecular flexibility index (Phi) is 3.13. The molecule has 2 aromatic heterocycles. The van der Waals surface area contributed by atoms with E-state index in [-0.39, 0.29) is 5.91 Å². The highest BCUT2D eigenvalue weighted by Gasteiger charge is 2.52. The third kappa shape index (κ3) is 1.95. The van der Waals surface area contributed by atoms with Crippen molar-refractivity contribution in [2.45, 2.75) is 12.3 Å². The average Bonchev–Trinajstić information content (AvgIpc) is 3.39. The lowest BCUT2D eigenvalue weighted by Crippen LogP contribution is -2.37. The zero-order chi connectivity index (χ0) is 19.6. The number of benzene rings is 3. The molecular formula is C25H19N3O. The number of carbonyl (C=O) groups is 1. The quantitative estimate of drug-likeness (QED) is 0.387. The van der Waals surface area contributed by atoms with E-state index in [4.69, 9.17) is 0 Å². The topological polar surface area (TPSA) is 60.7 Å². The SMILES string of the molecule is Cc1[nH]c2ccccc2c1C1(c2c[nH]c3ccccc23)C(=O)Nc2ccccc21. The van der Waals surface area contributed by atoms with E-state index >= 15 is 0 Å². The summed E-state index contributed by atoms with van der Waals surface area (Å²) in [6.45, 7) is 2.06. The average molecular weight is 377 g/mol. The fraction of sp³-hybridized carbons (Fsp3) is 0.0800. The molecule has 3 aromatic carbocycles. The van der Waals surface area contributed by atoms with Crippen molar-refractivity contribution < 1.29 is 4.79 Å². The Hall–Kier alpha value is -3.79. The van der Waals surface area contributed by atoms with E-state index in [9.17, 15) is 4.79 Å². The summed E-state index contributed by atoms with van der Waals surface area (Å²) in [5.41, 5.74) is 5.98. The van der Waals surface area contributed by atoms with Crippen molar-refractivity contribution >= 4 is 33.4 Å². The normalized spacial score (nSPS) is 18.3. The van der Waals surface area contributed by atoms with Crippen molar-refractivity contribution in [1.82, 2.24) is 9.97 Å². The van der Waals surface area contributed by atoms with Crippen LogP contribution in [-0.4, -0.2) is 15.9 Å². The molecule has 1 unspecified atom stereocenters. The largest absolute Gasteiger partial charge is 0.361 e. The van der Waals surface area contributed by atoms with E-state index in [0.717, 1.165) is 49.9 Å². The van der Waals surface area contributed by atoms with Gasteiger partial charge in [-0.15, -0.1) is 0 Å². The first-order chi connectivity index (χ1) is 14.2. The molecule has 0 radical (unpaired) electrons. The highest BCUT2D eigenvalue weighted by Crippen LogP contribution is 2.52. The number of para-hydroxylation sites is 3. The maximum Gasteiger partial charge on any atom is 0.244 e. The first kappa shape index (κ1) is 16.2. The van der Waals surface area contributed by atoms with Gasteiger partial charge in [-0.2, -0.15) is 0 Å². The number of aromatic amines is 2. The van der Waals surface area contributed by atoms with E-state index < -0.39 is 5.41 Å². The Morgan fingerprint density at radius 1 is 0.759 bits per heavy atom. The number of aryl methyl sites for hydroxylation is 1. The van der Waals surface area contributed by atoms with Gasteiger partial charge in [0.2, 0.25) is 5.91 Å². The van der Waals surface area contributed by atoms with E-state index in [1.54, 1.807) is 0 Å². The maximum absolute atomic E-state index is 13.9. The van der Waals surface area contributed by atoms with Crippen molar-refractivity contribution in [2.75, 3.05) is 5.32 Å². The number of aromatic nitrogens is 2. The Morgan fingerprint density at radius 3 is 2.31 bits per heavy atom. The van der Waals surface area contributed by atoms with Gasteiger partial charge in [0, 0.05) is 56.1 Å². The van der Waals surface area contributed by atoms with Gasteiger partial charge in [-0.05, 0) is 25.1 Å². The molecule has 140 valence electrons. The van der Waals surface area contributed by atoms with Crippen LogP contribution in [0.5, 0.6) is 0 Å². The molecule has 4 heteroatoms. The summed E-state index contributed by atoms with van der Waals surface area (Å²) in [6.07, 6.45) is 1.99. The molecular weight excluding hydrogens is 358 g/mol. The van der Waals surface area contributed by atoms with Crippen LogP contribution in [0.3, 0.4) is 0 Å². The number of fused-ring (bicyclic) bond motifs is 3. The second-order valence-corrected chi connectivity index (χ2v) is 7.67. The van der Waals surface area contributed by atoms with Gasteiger partial charge in [0.25, 0.3) is 0 Å². The minimum Gasteiger partial charge on any atom is -0.361 e. The number of anilines is 1. The number of nitrogens with one attached hydrogen (secondary N) is 3. The molecule has 1 amide bonds. The molecule has 1 aliphatic rings. The van der Waals surface area contributed by atoms with Gasteiger partial charge in [0.15, 0.2) is 0 Å². The minimum absolute atomic E-state index is 0.0173. The molecule has 29 heavy (non-hydrogen) atoms. The third-order valence-corrected chi connectivity index (χ3v) is 6.18. The van der Waals surface area contributed by atoms with Crippen LogP contribution in [0, 0.1) is 6.92 Å². The van der Waals surface area contributed by atoms with Gasteiger partial charge in [-0.1, -0.05) is 54.6 Å². The summed E-state index contributed by atoms with van der Waals surface area (Å²) in [7, 11) is 0. The number of hydrogen-bond acceptors (Lipinski definition) is 1. The maximum atomic E-state index is 13.9. The fourth-order valence-corrected chi connectivity index (χ4v) is 5.05. The lowest BCUT2D eigenvalue weighted by atomic mass is 9.69. The van der Waals surface area contributed by atoms with Crippen LogP contribution in [0.15, 0.2) is 79.0 Å². The second-order valence-electron chi connectivity index (χ2n) is 7.67. The summed E-state index contributed by atoms with van der Waals surface area (Å²) in [6, 6.07) is 24.4. The summed E-state index contributed by atoms with van der Waals surface area (Å²) in [5.74, 6) is -0.0173. The molecule has 0 saturated carbocycles. The summed E-state index contributed by atoms with van der Waals surface area (Å²) < 4.78 is 0. The fourth-order valence-electron chi connectivity index (χ4n) is 5.05. The van der Waals surface area contributed by atoms with Gasteiger partial charge < -0.3 is 15.3 Å². The predicted octanol–water partition coefficient (Wildman–Crippen LogP) is 5.24. The molecule has 4 nitrogen and oxygen atoms in total. The number of rotatable bonds is 2. The van der Waals surface area contributed by atoms with Crippen molar-refractivity contribution in [3.05, 3.63) is 101 Å². The molecule has 3 heterocycles. The van der Waals surface area contributed by atoms with Gasteiger partial charge in [-0.25, -0.2) is 0 Å². The Labute approximate surface area is 167 Å². The Balaban J connectivity index is 1.83. The van der Waals surface area contributed by atoms with Crippen molar-refractivity contribution in [1.29, 1.82) is 0 Å². The van der Waals surface area contributed by atoms with Gasteiger partial charge >= 0.3 is 0 Å². The summed E-state index contributed by atoms with van der Waals surface area (Å²) in [4.78, 5) is 20.7. The molecule has 6 rings (SSSR count). The van der Waals surface area contributed by atoms with E-state index in [0.29, 0.717) is 0 Å². The molecule has 5 aromatic rings. The number of H-pyrrole nitrogens is 2. The van der Waals surface area contributed by atoms with E-state index in [1.807, 2.05) is 54.7 Å². The van der Waals surface area contributed by atoms with E-state index in [1.165, 1.54) is 0 Å². The molecule has 0 saturated heterocycles. The number of amides is 1. The van der Waals surface area contributed by atoms with Crippen LogP contribution in [0.4, 0.5) is 5.69 Å². The first-order valence-electron chi connectivity index (χ1n) is 9.76. The smallest absolute Gasteiger partial charge is 0.244 e. The molecule has 0 aliphatic carbocycles. The van der Waals surface area contributed by atoms with E-state index in [2.05, 4.69) is 46.5 Å². The van der Waals surface area contributed by atoms with Crippen LogP contribution in [-0.2, 0) is 10.2 Å². The molecule has 0 spiro atoms. The van der Waals surface area contributed by atoms with Crippen LogP contribution in [0.2, 0.25) is 0 Å². The van der Waals surface area contributed by atoms with Crippen molar-refractivity contribution in [3.8, 4) is 0 Å². The molecule has 0 fully saturated rings. The van der Waals surface area contributed by atoms with Crippen molar-refractivity contribution in [2.24, 2.45) is 0 Å². The molecule has 1 atom stereocenters. The monoisotopic (exact) mass is 377 g/mol. The predicted molar refractivity (Wildman–Crippen MR) is 116 cm³/mol. The van der Waals surface area contributed by atoms with Gasteiger partial charge in [0.05, 0.1) is 0 Å². The highest BCUT2D eigenvalue weighted by atomic mass is 16.2. The van der Waals surface area contributed by atoms with Gasteiger partial charge in [-0.3, -0.25) is 4.79 Å². The molecule has 3 N–H and O–H groups in total. The van der Waals surface area contributed by atoms with Crippen LogP contribution < -0.4 is 5.32 Å². The summed E-state index contributed by atoms with van der Waals surface area (Å²) in [5, 5.41) is 5.29. The summed E-state index contributed by atoms with van der Waals surface area (Å²) >= 11 is 0. The van der Waals surface area contributed by atoms with Gasteiger partial charge in [0.1, 0.15) is 5.41 Å². The molecule has 1 aliphatic heterocycles. The van der Waals surface area contributed by atoms with Crippen molar-refractivity contribution in [3.63, 3.8) is 0 Å². The highest BCUT2D eigenvalue weighted by molar-refractivity contribution is 6.15. The second kappa shape index (κ2) is 5.61. The van der Waals surface area contributed by atoms with Crippen LogP contribution >= 0.6 is 0 Å². The zero-order valence-electron chi connectivity index (χ0n) is 15.9. The Morgan fingerprint density at radius 2 is 1.45 bits per heavy atom. The lowest BCUT2D eigenvalue weighted by Gasteiger charge is -2.29. The van der Waals surface area contributed by atoms with Crippen LogP contribution in [0.25, 0.3) is 21.8 Å².